The number of rotatable bonds is 6. The molecule has 2 aromatic rings. The Labute approximate surface area is 151 Å². The highest BCUT2D eigenvalue weighted by molar-refractivity contribution is 7.91. The summed E-state index contributed by atoms with van der Waals surface area (Å²) in [5.41, 5.74) is 0.444. The second-order valence-electron chi connectivity index (χ2n) is 6.09. The third kappa shape index (κ3) is 4.26. The maximum absolute atomic E-state index is 13.0. The highest BCUT2D eigenvalue weighted by Crippen LogP contribution is 2.28. The fourth-order valence-corrected chi connectivity index (χ4v) is 4.16. The zero-order chi connectivity index (χ0) is 18.6. The van der Waals surface area contributed by atoms with E-state index in [0.717, 1.165) is 12.8 Å². The van der Waals surface area contributed by atoms with Crippen LogP contribution in [0.5, 0.6) is 0 Å². The van der Waals surface area contributed by atoms with Crippen LogP contribution in [0, 0.1) is 0 Å². The van der Waals surface area contributed by atoms with E-state index in [1.807, 2.05) is 0 Å². The third-order valence-corrected chi connectivity index (χ3v) is 6.19. The summed E-state index contributed by atoms with van der Waals surface area (Å²) in [6, 6.07) is 11.3. The number of nitrogens with zero attached hydrogens (tertiary/aromatic N) is 1. The average Bonchev–Trinajstić information content (AvgIpc) is 3.47. The number of aromatic nitrogens is 1. The summed E-state index contributed by atoms with van der Waals surface area (Å²) in [5.74, 6) is -1.58. The van der Waals surface area contributed by atoms with E-state index < -0.39 is 26.9 Å². The van der Waals surface area contributed by atoms with Crippen LogP contribution in [0.2, 0.25) is 0 Å². The topological polar surface area (TPSA) is 105 Å². The zero-order valence-corrected chi connectivity index (χ0v) is 14.8. The van der Waals surface area contributed by atoms with Crippen molar-refractivity contribution in [3.8, 4) is 0 Å². The molecule has 0 bridgehead atoms. The molecule has 0 unspecified atom stereocenters. The number of pyridine rings is 1. The van der Waals surface area contributed by atoms with Crippen molar-refractivity contribution in [3.63, 3.8) is 0 Å². The minimum atomic E-state index is -3.77. The van der Waals surface area contributed by atoms with E-state index in [9.17, 15) is 18.0 Å². The second-order valence-corrected chi connectivity index (χ2v) is 8.22. The Bertz CT molecular complexity index is 881. The van der Waals surface area contributed by atoms with Crippen LogP contribution in [-0.2, 0) is 19.4 Å². The fraction of sp³-hybridized carbons (Fsp3) is 0.278. The molecule has 1 atom stereocenters. The van der Waals surface area contributed by atoms with Gasteiger partial charge in [0.1, 0.15) is 5.25 Å². The van der Waals surface area contributed by atoms with E-state index in [0.29, 0.717) is 5.56 Å². The van der Waals surface area contributed by atoms with Gasteiger partial charge in [-0.25, -0.2) is 8.42 Å². The van der Waals surface area contributed by atoms with Crippen molar-refractivity contribution in [3.05, 3.63) is 60.4 Å². The molecule has 1 saturated carbocycles. The lowest BCUT2D eigenvalue weighted by Gasteiger charge is -2.18. The second kappa shape index (κ2) is 7.65. The predicted octanol–water partition coefficient (Wildman–Crippen LogP) is 0.991. The van der Waals surface area contributed by atoms with Gasteiger partial charge >= 0.3 is 11.8 Å². The summed E-state index contributed by atoms with van der Waals surface area (Å²) in [4.78, 5) is 27.9. The SMILES string of the molecule is O=C(NC[C@@H](c1cccnc1)S(=O)(=O)c1ccccc1)C(=O)NC1CC1. The van der Waals surface area contributed by atoms with Crippen molar-refractivity contribution in [2.75, 3.05) is 6.54 Å². The smallest absolute Gasteiger partial charge is 0.309 e. The molecule has 8 heteroatoms. The lowest BCUT2D eigenvalue weighted by Crippen LogP contribution is -2.43. The maximum Gasteiger partial charge on any atom is 0.309 e. The van der Waals surface area contributed by atoms with Crippen molar-refractivity contribution >= 4 is 21.7 Å². The van der Waals surface area contributed by atoms with Gasteiger partial charge in [-0.3, -0.25) is 14.6 Å². The largest absolute Gasteiger partial charge is 0.346 e. The molecular formula is C18H19N3O4S. The Morgan fingerprint density at radius 2 is 1.81 bits per heavy atom. The van der Waals surface area contributed by atoms with Crippen molar-refractivity contribution in [1.82, 2.24) is 15.6 Å². The van der Waals surface area contributed by atoms with Gasteiger partial charge in [0.25, 0.3) is 0 Å². The summed E-state index contributed by atoms with van der Waals surface area (Å²) in [6.07, 6.45) is 4.71. The van der Waals surface area contributed by atoms with Gasteiger partial charge in [0.05, 0.1) is 4.90 Å². The van der Waals surface area contributed by atoms with E-state index in [1.165, 1.54) is 24.5 Å². The molecule has 1 heterocycles. The summed E-state index contributed by atoms with van der Waals surface area (Å²) >= 11 is 0. The molecule has 0 saturated heterocycles. The standard InChI is InChI=1S/C18H19N3O4S/c22-17(18(23)21-14-8-9-14)20-12-16(13-5-4-10-19-11-13)26(24,25)15-6-2-1-3-7-15/h1-7,10-11,14,16H,8-9,12H2,(H,20,22)(H,21,23)/t16-/m0/s1. The average molecular weight is 373 g/mol. The van der Waals surface area contributed by atoms with Gasteiger partial charge < -0.3 is 10.6 Å². The first-order valence-corrected chi connectivity index (χ1v) is 9.80. The van der Waals surface area contributed by atoms with Crippen molar-refractivity contribution in [1.29, 1.82) is 0 Å². The molecular weight excluding hydrogens is 354 g/mol. The van der Waals surface area contributed by atoms with Crippen molar-refractivity contribution < 1.29 is 18.0 Å². The third-order valence-electron chi connectivity index (χ3n) is 4.07. The molecule has 0 aliphatic heterocycles. The number of amides is 2. The van der Waals surface area contributed by atoms with Crippen LogP contribution >= 0.6 is 0 Å². The van der Waals surface area contributed by atoms with Crippen LogP contribution in [0.4, 0.5) is 0 Å². The molecule has 1 aliphatic carbocycles. The highest BCUT2D eigenvalue weighted by atomic mass is 32.2. The number of benzene rings is 1. The van der Waals surface area contributed by atoms with E-state index in [-0.39, 0.29) is 17.5 Å². The summed E-state index contributed by atoms with van der Waals surface area (Å²) < 4.78 is 26.0. The highest BCUT2D eigenvalue weighted by Gasteiger charge is 2.31. The van der Waals surface area contributed by atoms with Gasteiger partial charge in [0.2, 0.25) is 0 Å². The molecule has 3 rings (SSSR count). The molecule has 1 aliphatic rings. The number of carbonyl (C=O) groups is 2. The molecule has 0 spiro atoms. The van der Waals surface area contributed by atoms with Crippen LogP contribution in [0.15, 0.2) is 59.8 Å². The molecule has 2 N–H and O–H groups in total. The van der Waals surface area contributed by atoms with Gasteiger partial charge in [-0.1, -0.05) is 24.3 Å². The Morgan fingerprint density at radius 1 is 1.08 bits per heavy atom. The van der Waals surface area contributed by atoms with Crippen LogP contribution in [0.3, 0.4) is 0 Å². The van der Waals surface area contributed by atoms with E-state index >= 15 is 0 Å². The number of nitrogens with one attached hydrogen (secondary N) is 2. The molecule has 0 radical (unpaired) electrons. The molecule has 26 heavy (non-hydrogen) atoms. The molecule has 2 amide bonds. The van der Waals surface area contributed by atoms with Crippen LogP contribution in [-0.4, -0.2) is 37.8 Å². The minimum absolute atomic E-state index is 0.0513. The zero-order valence-electron chi connectivity index (χ0n) is 14.0. The van der Waals surface area contributed by atoms with Gasteiger partial charge in [-0.05, 0) is 36.6 Å². The van der Waals surface area contributed by atoms with E-state index in [1.54, 1.807) is 30.3 Å². The lowest BCUT2D eigenvalue weighted by atomic mass is 10.2. The van der Waals surface area contributed by atoms with Crippen molar-refractivity contribution in [2.24, 2.45) is 0 Å². The van der Waals surface area contributed by atoms with Crippen LogP contribution in [0.25, 0.3) is 0 Å². The summed E-state index contributed by atoms with van der Waals surface area (Å²) in [6.45, 7) is -0.222. The van der Waals surface area contributed by atoms with Gasteiger partial charge in [0, 0.05) is 25.0 Å². The summed E-state index contributed by atoms with van der Waals surface area (Å²) in [5, 5.41) is 3.96. The molecule has 1 fully saturated rings. The Kier molecular flexibility index (Phi) is 5.32. The normalized spacial score (nSPS) is 15.1. The van der Waals surface area contributed by atoms with Gasteiger partial charge in [0.15, 0.2) is 9.84 Å². The Morgan fingerprint density at radius 3 is 2.42 bits per heavy atom. The first kappa shape index (κ1) is 18.1. The molecule has 7 nitrogen and oxygen atoms in total. The number of carbonyl (C=O) groups excluding carboxylic acids is 2. The number of sulfone groups is 1. The minimum Gasteiger partial charge on any atom is -0.346 e. The van der Waals surface area contributed by atoms with Crippen LogP contribution < -0.4 is 10.6 Å². The number of hydrogen-bond acceptors (Lipinski definition) is 5. The first-order valence-electron chi connectivity index (χ1n) is 8.26. The monoisotopic (exact) mass is 373 g/mol. The lowest BCUT2D eigenvalue weighted by molar-refractivity contribution is -0.139. The molecule has 136 valence electrons. The Balaban J connectivity index is 1.80. The maximum atomic E-state index is 13.0. The fourth-order valence-electron chi connectivity index (χ4n) is 2.49. The first-order chi connectivity index (χ1) is 12.5. The van der Waals surface area contributed by atoms with E-state index in [4.69, 9.17) is 0 Å². The van der Waals surface area contributed by atoms with Gasteiger partial charge in [-0.2, -0.15) is 0 Å². The summed E-state index contributed by atoms with van der Waals surface area (Å²) in [7, 11) is -3.77. The van der Waals surface area contributed by atoms with Crippen molar-refractivity contribution in [2.45, 2.75) is 29.0 Å². The van der Waals surface area contributed by atoms with Gasteiger partial charge in [-0.15, -0.1) is 0 Å². The Hall–Kier alpha value is -2.74. The quantitative estimate of drug-likeness (QED) is 0.735. The molecule has 1 aromatic carbocycles. The predicted molar refractivity (Wildman–Crippen MR) is 94.8 cm³/mol. The van der Waals surface area contributed by atoms with E-state index in [2.05, 4.69) is 15.6 Å². The molecule has 1 aromatic heterocycles. The number of hydrogen-bond donors (Lipinski definition) is 2. The van der Waals surface area contributed by atoms with Crippen LogP contribution in [0.1, 0.15) is 23.7 Å².